The quantitative estimate of drug-likeness (QED) is 0.867. The third-order valence-corrected chi connectivity index (χ3v) is 4.77. The number of rotatable bonds is 5. The average Bonchev–Trinajstić information content (AvgIpc) is 2.68. The van der Waals surface area contributed by atoms with Gasteiger partial charge < -0.3 is 15.3 Å². The van der Waals surface area contributed by atoms with Crippen LogP contribution in [-0.4, -0.2) is 29.0 Å². The number of carbonyl (C=O) groups is 1. The monoisotopic (exact) mass is 338 g/mol. The summed E-state index contributed by atoms with van der Waals surface area (Å²) in [5.41, 5.74) is 3.69. The van der Waals surface area contributed by atoms with Crippen LogP contribution in [0.15, 0.2) is 48.5 Å². The minimum Gasteiger partial charge on any atom is -0.392 e. The van der Waals surface area contributed by atoms with Gasteiger partial charge >= 0.3 is 0 Å². The van der Waals surface area contributed by atoms with E-state index < -0.39 is 0 Å². The second kappa shape index (κ2) is 8.17. The fourth-order valence-corrected chi connectivity index (χ4v) is 3.32. The number of hydrogen-bond acceptors (Lipinski definition) is 3. The minimum absolute atomic E-state index is 0.0420. The molecule has 2 aromatic carbocycles. The molecular formula is C21H26N2O2. The molecule has 1 aliphatic rings. The van der Waals surface area contributed by atoms with Crippen molar-refractivity contribution in [2.75, 3.05) is 18.4 Å². The third-order valence-electron chi connectivity index (χ3n) is 4.77. The van der Waals surface area contributed by atoms with Crippen molar-refractivity contribution in [2.24, 2.45) is 0 Å². The highest BCUT2D eigenvalue weighted by molar-refractivity contribution is 5.95. The molecule has 1 atom stereocenters. The van der Waals surface area contributed by atoms with Crippen LogP contribution in [0.2, 0.25) is 0 Å². The number of aliphatic hydroxyl groups excluding tert-OH is 1. The maximum absolute atomic E-state index is 12.7. The van der Waals surface area contributed by atoms with E-state index in [1.807, 2.05) is 53.4 Å². The van der Waals surface area contributed by atoms with Crippen LogP contribution in [0.1, 0.15) is 53.7 Å². The van der Waals surface area contributed by atoms with Crippen molar-refractivity contribution in [3.05, 3.63) is 65.2 Å². The van der Waals surface area contributed by atoms with Gasteiger partial charge in [0.1, 0.15) is 0 Å². The van der Waals surface area contributed by atoms with E-state index in [0.717, 1.165) is 48.3 Å². The number of likely N-dealkylation sites (tertiary alicyclic amines) is 1. The second-order valence-corrected chi connectivity index (χ2v) is 6.70. The molecule has 0 radical (unpaired) electrons. The molecule has 1 fully saturated rings. The summed E-state index contributed by atoms with van der Waals surface area (Å²) in [6.45, 7) is 3.84. The van der Waals surface area contributed by atoms with Gasteiger partial charge in [0.2, 0.25) is 0 Å². The van der Waals surface area contributed by atoms with Crippen molar-refractivity contribution in [3.8, 4) is 0 Å². The van der Waals surface area contributed by atoms with Crippen molar-refractivity contribution in [1.82, 2.24) is 4.90 Å². The van der Waals surface area contributed by atoms with E-state index in [0.29, 0.717) is 0 Å². The lowest BCUT2D eigenvalue weighted by atomic mass is 10.0. The predicted molar refractivity (Wildman–Crippen MR) is 101 cm³/mol. The molecule has 25 heavy (non-hydrogen) atoms. The Hall–Kier alpha value is -2.33. The molecule has 3 rings (SSSR count). The van der Waals surface area contributed by atoms with Crippen molar-refractivity contribution >= 4 is 11.6 Å². The van der Waals surface area contributed by atoms with Gasteiger partial charge in [0, 0.05) is 30.4 Å². The Kier molecular flexibility index (Phi) is 5.71. The summed E-state index contributed by atoms with van der Waals surface area (Å²) in [7, 11) is 0. The minimum atomic E-state index is 0.0420. The topological polar surface area (TPSA) is 52.6 Å². The smallest absolute Gasteiger partial charge is 0.253 e. The van der Waals surface area contributed by atoms with Gasteiger partial charge in [-0.1, -0.05) is 30.3 Å². The fraction of sp³-hybridized carbons (Fsp3) is 0.381. The number of benzene rings is 2. The molecule has 1 saturated heterocycles. The van der Waals surface area contributed by atoms with Crippen LogP contribution in [0.25, 0.3) is 0 Å². The summed E-state index contributed by atoms with van der Waals surface area (Å²) in [5.74, 6) is 0.123. The van der Waals surface area contributed by atoms with Crippen molar-refractivity contribution in [1.29, 1.82) is 0 Å². The van der Waals surface area contributed by atoms with E-state index in [1.54, 1.807) is 0 Å². The zero-order chi connectivity index (χ0) is 17.6. The largest absolute Gasteiger partial charge is 0.392 e. The molecule has 2 N–H and O–H groups in total. The molecule has 1 heterocycles. The molecule has 0 spiro atoms. The lowest BCUT2D eigenvalue weighted by molar-refractivity contribution is 0.0724. The lowest BCUT2D eigenvalue weighted by Gasteiger charge is -2.27. The van der Waals surface area contributed by atoms with E-state index in [2.05, 4.69) is 12.2 Å². The molecule has 2 aromatic rings. The highest BCUT2D eigenvalue weighted by Gasteiger charge is 2.18. The summed E-state index contributed by atoms with van der Waals surface area (Å²) < 4.78 is 0. The van der Waals surface area contributed by atoms with Crippen LogP contribution in [0.3, 0.4) is 0 Å². The normalized spacial score (nSPS) is 15.7. The van der Waals surface area contributed by atoms with Crippen molar-refractivity contribution in [3.63, 3.8) is 0 Å². The molecule has 4 heteroatoms. The van der Waals surface area contributed by atoms with E-state index >= 15 is 0 Å². The van der Waals surface area contributed by atoms with Crippen LogP contribution in [0, 0.1) is 0 Å². The van der Waals surface area contributed by atoms with Crippen molar-refractivity contribution < 1.29 is 9.90 Å². The molecular weight excluding hydrogens is 312 g/mol. The highest BCUT2D eigenvalue weighted by atomic mass is 16.3. The number of aliphatic hydroxyl groups is 1. The first-order valence-corrected chi connectivity index (χ1v) is 9.03. The van der Waals surface area contributed by atoms with E-state index in [1.165, 1.54) is 6.42 Å². The zero-order valence-corrected chi connectivity index (χ0v) is 14.7. The van der Waals surface area contributed by atoms with Gasteiger partial charge in [-0.15, -0.1) is 0 Å². The Morgan fingerprint density at radius 2 is 1.88 bits per heavy atom. The lowest BCUT2D eigenvalue weighted by Crippen LogP contribution is -2.35. The number of nitrogens with one attached hydrogen (secondary N) is 1. The zero-order valence-electron chi connectivity index (χ0n) is 14.7. The highest BCUT2D eigenvalue weighted by Crippen LogP contribution is 2.22. The Morgan fingerprint density at radius 3 is 2.64 bits per heavy atom. The molecule has 0 saturated carbocycles. The number of carbonyl (C=O) groups excluding carboxylic acids is 1. The molecule has 0 aromatic heterocycles. The van der Waals surface area contributed by atoms with E-state index in [9.17, 15) is 9.90 Å². The Bertz CT molecular complexity index is 723. The number of hydrogen-bond donors (Lipinski definition) is 2. The Labute approximate surface area is 149 Å². The first-order valence-electron chi connectivity index (χ1n) is 9.03. The Balaban J connectivity index is 1.71. The van der Waals surface area contributed by atoms with Gasteiger partial charge in [0.15, 0.2) is 0 Å². The summed E-state index contributed by atoms with van der Waals surface area (Å²) >= 11 is 0. The maximum Gasteiger partial charge on any atom is 0.253 e. The molecule has 0 bridgehead atoms. The molecule has 1 unspecified atom stereocenters. The van der Waals surface area contributed by atoms with E-state index in [-0.39, 0.29) is 18.6 Å². The van der Waals surface area contributed by atoms with Gasteiger partial charge in [0.05, 0.1) is 6.61 Å². The van der Waals surface area contributed by atoms with Crippen LogP contribution >= 0.6 is 0 Å². The van der Waals surface area contributed by atoms with Crippen LogP contribution in [-0.2, 0) is 6.61 Å². The third kappa shape index (κ3) is 4.40. The molecule has 4 nitrogen and oxygen atoms in total. The first kappa shape index (κ1) is 17.5. The summed E-state index contributed by atoms with van der Waals surface area (Å²) in [4.78, 5) is 14.6. The van der Waals surface area contributed by atoms with Crippen molar-refractivity contribution in [2.45, 2.75) is 38.8 Å². The van der Waals surface area contributed by atoms with Crippen LogP contribution < -0.4 is 5.32 Å². The summed E-state index contributed by atoms with van der Waals surface area (Å²) in [6, 6.07) is 15.7. The van der Waals surface area contributed by atoms with Gasteiger partial charge in [-0.05, 0) is 55.5 Å². The standard InChI is InChI=1S/C21H26N2O2/c1-16(18-8-5-7-17(13-18)15-24)22-20-10-6-9-19(14-20)21(25)23-11-3-2-4-12-23/h5-10,13-14,16,22,24H,2-4,11-12,15H2,1H3. The average molecular weight is 338 g/mol. The van der Waals surface area contributed by atoms with Gasteiger partial charge in [0.25, 0.3) is 5.91 Å². The molecule has 1 aliphatic heterocycles. The molecule has 132 valence electrons. The number of anilines is 1. The van der Waals surface area contributed by atoms with Gasteiger partial charge in [-0.25, -0.2) is 0 Å². The summed E-state index contributed by atoms with van der Waals surface area (Å²) in [6.07, 6.45) is 3.42. The van der Waals surface area contributed by atoms with Gasteiger partial charge in [-0.2, -0.15) is 0 Å². The van der Waals surface area contributed by atoms with Crippen LogP contribution in [0.5, 0.6) is 0 Å². The Morgan fingerprint density at radius 1 is 1.12 bits per heavy atom. The second-order valence-electron chi connectivity index (χ2n) is 6.70. The van der Waals surface area contributed by atoms with E-state index in [4.69, 9.17) is 0 Å². The predicted octanol–water partition coefficient (Wildman–Crippen LogP) is 3.98. The maximum atomic E-state index is 12.7. The number of piperidine rings is 1. The number of nitrogens with zero attached hydrogens (tertiary/aromatic N) is 1. The molecule has 1 amide bonds. The molecule has 0 aliphatic carbocycles. The number of amides is 1. The summed E-state index contributed by atoms with van der Waals surface area (Å²) in [5, 5.41) is 12.7. The first-order chi connectivity index (χ1) is 12.2. The van der Waals surface area contributed by atoms with Gasteiger partial charge in [-0.3, -0.25) is 4.79 Å². The van der Waals surface area contributed by atoms with Crippen LogP contribution in [0.4, 0.5) is 5.69 Å². The SMILES string of the molecule is CC(Nc1cccc(C(=O)N2CCCCC2)c1)c1cccc(CO)c1. The fourth-order valence-electron chi connectivity index (χ4n) is 3.32.